The highest BCUT2D eigenvalue weighted by Crippen LogP contribution is 2.30. The third-order valence-corrected chi connectivity index (χ3v) is 7.80. The van der Waals surface area contributed by atoms with E-state index in [1.807, 2.05) is 0 Å². The highest BCUT2D eigenvalue weighted by atomic mass is 32.2. The van der Waals surface area contributed by atoms with Gasteiger partial charge in [0.2, 0.25) is 0 Å². The maximum Gasteiger partial charge on any atom is 0.313 e. The van der Waals surface area contributed by atoms with E-state index in [0.717, 1.165) is 38.5 Å². The second-order valence-corrected chi connectivity index (χ2v) is 9.72. The summed E-state index contributed by atoms with van der Waals surface area (Å²) in [4.78, 5) is 26.6. The summed E-state index contributed by atoms with van der Waals surface area (Å²) in [6, 6.07) is 6.15. The molecule has 2 fully saturated rings. The lowest BCUT2D eigenvalue weighted by Gasteiger charge is -2.24. The molecular weight excluding hydrogens is 364 g/mol. The predicted molar refractivity (Wildman–Crippen MR) is 104 cm³/mol. The minimum Gasteiger partial charge on any atom is -0.334 e. The summed E-state index contributed by atoms with van der Waals surface area (Å²) in [5.74, 6) is -1.18. The molecule has 1 aliphatic carbocycles. The van der Waals surface area contributed by atoms with Crippen LogP contribution < -0.4 is 5.32 Å². The van der Waals surface area contributed by atoms with Crippen LogP contribution in [0.4, 0.5) is 5.69 Å². The van der Waals surface area contributed by atoms with Gasteiger partial charge >= 0.3 is 11.8 Å². The van der Waals surface area contributed by atoms with Gasteiger partial charge in [-0.25, -0.2) is 8.42 Å². The Labute approximate surface area is 161 Å². The maximum absolute atomic E-state index is 12.6. The molecule has 148 valence electrons. The van der Waals surface area contributed by atoms with Crippen LogP contribution in [0.2, 0.25) is 0 Å². The average molecular weight is 393 g/mol. The summed E-state index contributed by atoms with van der Waals surface area (Å²) in [5, 5.41) is 2.30. The number of carbonyl (C=O) groups excluding carboxylic acids is 2. The molecule has 1 saturated heterocycles. The molecule has 0 unspecified atom stereocenters. The van der Waals surface area contributed by atoms with Gasteiger partial charge in [-0.05, 0) is 49.9 Å². The van der Waals surface area contributed by atoms with Gasteiger partial charge in [0, 0.05) is 18.8 Å². The van der Waals surface area contributed by atoms with Crippen LogP contribution >= 0.6 is 0 Å². The molecule has 1 N–H and O–H groups in total. The quantitative estimate of drug-likeness (QED) is 0.801. The first-order valence-corrected chi connectivity index (χ1v) is 11.5. The average Bonchev–Trinajstić information content (AvgIpc) is 3.17. The summed E-state index contributed by atoms with van der Waals surface area (Å²) in [5.41, 5.74) is 0.436. The zero-order valence-electron chi connectivity index (χ0n) is 15.7. The first kappa shape index (κ1) is 19.9. The number of carbonyl (C=O) groups is 2. The van der Waals surface area contributed by atoms with Crippen molar-refractivity contribution >= 4 is 27.3 Å². The van der Waals surface area contributed by atoms with Crippen molar-refractivity contribution in [1.82, 2.24) is 4.90 Å². The molecular formula is C20H28N2O4S. The lowest BCUT2D eigenvalue weighted by Crippen LogP contribution is -2.41. The third-order valence-electron chi connectivity index (χ3n) is 5.52. The van der Waals surface area contributed by atoms with E-state index in [0.29, 0.717) is 31.6 Å². The van der Waals surface area contributed by atoms with Gasteiger partial charge in [0.25, 0.3) is 0 Å². The number of amides is 2. The lowest BCUT2D eigenvalue weighted by molar-refractivity contribution is -0.143. The molecule has 3 rings (SSSR count). The largest absolute Gasteiger partial charge is 0.334 e. The van der Waals surface area contributed by atoms with E-state index in [1.54, 1.807) is 17.0 Å². The van der Waals surface area contributed by atoms with Gasteiger partial charge in [-0.3, -0.25) is 9.59 Å². The third kappa shape index (κ3) is 4.89. The Morgan fingerprint density at radius 3 is 2.00 bits per heavy atom. The monoisotopic (exact) mass is 392 g/mol. The number of sulfone groups is 1. The van der Waals surface area contributed by atoms with E-state index in [9.17, 15) is 18.0 Å². The van der Waals surface area contributed by atoms with Crippen molar-refractivity contribution in [2.45, 2.75) is 67.9 Å². The molecule has 0 spiro atoms. The van der Waals surface area contributed by atoms with E-state index in [4.69, 9.17) is 0 Å². The van der Waals surface area contributed by atoms with Crippen LogP contribution in [0.5, 0.6) is 0 Å². The molecule has 2 aliphatic rings. The van der Waals surface area contributed by atoms with Crippen LogP contribution in [-0.2, 0) is 19.4 Å². The minimum absolute atomic E-state index is 0.280. The normalized spacial score (nSPS) is 19.3. The van der Waals surface area contributed by atoms with Crippen LogP contribution in [0.15, 0.2) is 29.2 Å². The van der Waals surface area contributed by atoms with Crippen molar-refractivity contribution in [3.63, 3.8) is 0 Å². The highest BCUT2D eigenvalue weighted by molar-refractivity contribution is 7.92. The smallest absolute Gasteiger partial charge is 0.313 e. The predicted octanol–water partition coefficient (Wildman–Crippen LogP) is 3.13. The van der Waals surface area contributed by atoms with Gasteiger partial charge in [-0.15, -0.1) is 0 Å². The summed E-state index contributed by atoms with van der Waals surface area (Å²) >= 11 is 0. The molecule has 6 nitrogen and oxygen atoms in total. The van der Waals surface area contributed by atoms with Crippen molar-refractivity contribution in [2.24, 2.45) is 0 Å². The Hall–Kier alpha value is -1.89. The van der Waals surface area contributed by atoms with Crippen LogP contribution in [0.3, 0.4) is 0 Å². The molecule has 0 atom stereocenters. The molecule has 7 heteroatoms. The summed E-state index contributed by atoms with van der Waals surface area (Å²) < 4.78 is 25.2. The second kappa shape index (κ2) is 8.87. The Morgan fingerprint density at radius 1 is 0.852 bits per heavy atom. The molecule has 1 aliphatic heterocycles. The van der Waals surface area contributed by atoms with Gasteiger partial charge in [0.15, 0.2) is 9.84 Å². The van der Waals surface area contributed by atoms with Crippen LogP contribution in [0.25, 0.3) is 0 Å². The van der Waals surface area contributed by atoms with Crippen molar-refractivity contribution in [3.8, 4) is 0 Å². The van der Waals surface area contributed by atoms with Gasteiger partial charge in [0.05, 0.1) is 10.1 Å². The number of likely N-dealkylation sites (tertiary alicyclic amines) is 1. The van der Waals surface area contributed by atoms with E-state index < -0.39 is 21.7 Å². The Bertz CT molecular complexity index is 760. The van der Waals surface area contributed by atoms with E-state index in [-0.39, 0.29) is 10.1 Å². The molecule has 0 radical (unpaired) electrons. The molecule has 1 heterocycles. The zero-order chi connectivity index (χ0) is 19.3. The van der Waals surface area contributed by atoms with Crippen LogP contribution in [-0.4, -0.2) is 43.5 Å². The lowest BCUT2D eigenvalue weighted by atomic mass is 10.1. The molecule has 27 heavy (non-hydrogen) atoms. The molecule has 1 aromatic rings. The van der Waals surface area contributed by atoms with Gasteiger partial charge in [-0.1, -0.05) is 32.1 Å². The van der Waals surface area contributed by atoms with E-state index >= 15 is 0 Å². The highest BCUT2D eigenvalue weighted by Gasteiger charge is 2.30. The van der Waals surface area contributed by atoms with Crippen molar-refractivity contribution in [2.75, 3.05) is 18.4 Å². The van der Waals surface area contributed by atoms with Gasteiger partial charge < -0.3 is 10.2 Å². The molecule has 0 bridgehead atoms. The standard InChI is InChI=1S/C20H28N2O4S/c23-19(20(24)22-14-6-2-1-3-7-15-22)21-16-10-12-18(13-11-16)27(25,26)17-8-4-5-9-17/h10-13,17H,1-9,14-15H2,(H,21,23). The molecule has 1 saturated carbocycles. The summed E-state index contributed by atoms with van der Waals surface area (Å²) in [6.45, 7) is 1.23. The molecule has 0 aromatic heterocycles. The number of nitrogens with one attached hydrogen (secondary N) is 1. The second-order valence-electron chi connectivity index (χ2n) is 7.49. The van der Waals surface area contributed by atoms with Crippen LogP contribution in [0, 0.1) is 0 Å². The maximum atomic E-state index is 12.6. The fraction of sp³-hybridized carbons (Fsp3) is 0.600. The SMILES string of the molecule is O=C(Nc1ccc(S(=O)(=O)C2CCCC2)cc1)C(=O)N1CCCCCCC1. The van der Waals surface area contributed by atoms with Crippen molar-refractivity contribution in [1.29, 1.82) is 0 Å². The minimum atomic E-state index is -3.31. The zero-order valence-corrected chi connectivity index (χ0v) is 16.5. The number of rotatable bonds is 3. The Kier molecular flexibility index (Phi) is 6.52. The van der Waals surface area contributed by atoms with Gasteiger partial charge in [0.1, 0.15) is 0 Å². The number of nitrogens with zero attached hydrogens (tertiary/aromatic N) is 1. The Balaban J connectivity index is 1.61. The van der Waals surface area contributed by atoms with Crippen molar-refractivity contribution in [3.05, 3.63) is 24.3 Å². The summed E-state index contributed by atoms with van der Waals surface area (Å²) in [6.07, 6.45) is 8.54. The molecule has 1 aromatic carbocycles. The Morgan fingerprint density at radius 2 is 1.41 bits per heavy atom. The first-order valence-electron chi connectivity index (χ1n) is 9.93. The summed E-state index contributed by atoms with van der Waals surface area (Å²) in [7, 11) is -3.31. The van der Waals surface area contributed by atoms with Gasteiger partial charge in [-0.2, -0.15) is 0 Å². The topological polar surface area (TPSA) is 83.5 Å². The number of anilines is 1. The number of hydrogen-bond acceptors (Lipinski definition) is 4. The van der Waals surface area contributed by atoms with Crippen molar-refractivity contribution < 1.29 is 18.0 Å². The number of hydrogen-bond donors (Lipinski definition) is 1. The van der Waals surface area contributed by atoms with E-state index in [2.05, 4.69) is 5.32 Å². The fourth-order valence-corrected chi connectivity index (χ4v) is 5.75. The fourth-order valence-electron chi connectivity index (χ4n) is 3.90. The molecule has 2 amide bonds. The first-order chi connectivity index (χ1) is 13.0. The van der Waals surface area contributed by atoms with Crippen LogP contribution in [0.1, 0.15) is 57.8 Å². The number of benzene rings is 1. The van der Waals surface area contributed by atoms with E-state index in [1.165, 1.54) is 18.6 Å².